The number of benzene rings is 2. The van der Waals surface area contributed by atoms with Gasteiger partial charge < -0.3 is 18.9 Å². The van der Waals surface area contributed by atoms with Crippen molar-refractivity contribution in [3.8, 4) is 23.0 Å². The van der Waals surface area contributed by atoms with Crippen LogP contribution in [0.1, 0.15) is 11.1 Å². The Labute approximate surface area is 138 Å². The van der Waals surface area contributed by atoms with Crippen LogP contribution in [0, 0.1) is 0 Å². The number of ketones is 1. The highest BCUT2D eigenvalue weighted by Gasteiger charge is 2.25. The van der Waals surface area contributed by atoms with Crippen molar-refractivity contribution < 1.29 is 23.7 Å². The van der Waals surface area contributed by atoms with Crippen LogP contribution in [-0.4, -0.2) is 19.4 Å². The van der Waals surface area contributed by atoms with Crippen molar-refractivity contribution >= 4 is 11.4 Å². The van der Waals surface area contributed by atoms with Gasteiger partial charge in [0.1, 0.15) is 0 Å². The molecule has 0 aliphatic carbocycles. The molecule has 5 heteroatoms. The van der Waals surface area contributed by atoms with Gasteiger partial charge in [0.25, 0.3) is 0 Å². The minimum absolute atomic E-state index is 0.154. The number of hydrogen-bond acceptors (Lipinski definition) is 5. The van der Waals surface area contributed by atoms with Gasteiger partial charge in [0.2, 0.25) is 13.6 Å². The van der Waals surface area contributed by atoms with E-state index in [1.165, 1.54) is 12.2 Å². The maximum atomic E-state index is 12.0. The van der Waals surface area contributed by atoms with Crippen LogP contribution in [0.4, 0.5) is 0 Å². The van der Waals surface area contributed by atoms with Gasteiger partial charge in [-0.1, -0.05) is 30.8 Å². The van der Waals surface area contributed by atoms with Gasteiger partial charge in [-0.15, -0.1) is 0 Å². The molecule has 0 radical (unpaired) electrons. The van der Waals surface area contributed by atoms with Crippen molar-refractivity contribution in [2.45, 2.75) is 0 Å². The number of fused-ring (bicyclic) bond motifs is 2. The maximum Gasteiger partial charge on any atom is 0.231 e. The molecule has 2 heterocycles. The van der Waals surface area contributed by atoms with E-state index in [4.69, 9.17) is 18.9 Å². The summed E-state index contributed by atoms with van der Waals surface area (Å²) in [5.74, 6) is 2.30. The number of carbonyl (C=O) groups is 1. The summed E-state index contributed by atoms with van der Waals surface area (Å²) in [6.07, 6.45) is 2.78. The van der Waals surface area contributed by atoms with Crippen LogP contribution in [0.25, 0.3) is 5.57 Å². The molecule has 4 rings (SSSR count). The Kier molecular flexibility index (Phi) is 3.46. The summed E-state index contributed by atoms with van der Waals surface area (Å²) in [6.45, 7) is 3.85. The van der Waals surface area contributed by atoms with Crippen molar-refractivity contribution in [3.63, 3.8) is 0 Å². The highest BCUT2D eigenvalue weighted by molar-refractivity contribution is 6.07. The van der Waals surface area contributed by atoms with Crippen LogP contribution >= 0.6 is 0 Å². The first-order valence-corrected chi connectivity index (χ1v) is 7.44. The third-order valence-corrected chi connectivity index (χ3v) is 3.86. The van der Waals surface area contributed by atoms with E-state index in [0.29, 0.717) is 28.6 Å². The Bertz CT molecular complexity index is 807. The Morgan fingerprint density at radius 3 is 1.92 bits per heavy atom. The Morgan fingerprint density at radius 1 is 0.875 bits per heavy atom. The molecule has 0 unspecified atom stereocenters. The van der Waals surface area contributed by atoms with E-state index in [0.717, 1.165) is 11.1 Å². The normalized spacial score (nSPS) is 13.5. The first kappa shape index (κ1) is 14.4. The molecule has 0 atom stereocenters. The standard InChI is InChI=1S/C19H14O5/c1-2-12(20)9-15(13-5-3-7-16-18(13)23-10-21-16)14-6-4-8-17-19(14)24-11-22-17/h2-9H,1,10-11H2. The highest BCUT2D eigenvalue weighted by atomic mass is 16.7. The van der Waals surface area contributed by atoms with E-state index < -0.39 is 0 Å². The molecule has 0 spiro atoms. The van der Waals surface area contributed by atoms with Crippen LogP contribution in [0.5, 0.6) is 23.0 Å². The summed E-state index contributed by atoms with van der Waals surface area (Å²) >= 11 is 0. The lowest BCUT2D eigenvalue weighted by atomic mass is 9.94. The molecule has 0 saturated carbocycles. The van der Waals surface area contributed by atoms with Gasteiger partial charge in [-0.3, -0.25) is 4.79 Å². The van der Waals surface area contributed by atoms with Gasteiger partial charge in [0.05, 0.1) is 0 Å². The second-order valence-electron chi connectivity index (χ2n) is 5.24. The lowest BCUT2D eigenvalue weighted by Gasteiger charge is -2.13. The molecule has 0 N–H and O–H groups in total. The zero-order valence-corrected chi connectivity index (χ0v) is 12.8. The average Bonchev–Trinajstić information content (AvgIpc) is 3.27. The predicted octanol–water partition coefficient (Wildman–Crippen LogP) is 3.33. The van der Waals surface area contributed by atoms with Crippen molar-refractivity contribution in [2.24, 2.45) is 0 Å². The fourth-order valence-electron chi connectivity index (χ4n) is 2.79. The van der Waals surface area contributed by atoms with Gasteiger partial charge in [-0.25, -0.2) is 0 Å². The molecular weight excluding hydrogens is 308 g/mol. The van der Waals surface area contributed by atoms with E-state index in [1.807, 2.05) is 36.4 Å². The zero-order valence-electron chi connectivity index (χ0n) is 12.8. The first-order chi connectivity index (χ1) is 11.8. The molecule has 0 bridgehead atoms. The number of rotatable bonds is 4. The van der Waals surface area contributed by atoms with Crippen molar-refractivity contribution in [3.05, 3.63) is 66.3 Å². The quantitative estimate of drug-likeness (QED) is 0.808. The van der Waals surface area contributed by atoms with Crippen LogP contribution in [0.2, 0.25) is 0 Å². The lowest BCUT2D eigenvalue weighted by molar-refractivity contribution is -0.110. The Balaban J connectivity index is 1.93. The van der Waals surface area contributed by atoms with Gasteiger partial charge in [0.15, 0.2) is 28.8 Å². The summed E-state index contributed by atoms with van der Waals surface area (Å²) in [7, 11) is 0. The Hall–Kier alpha value is -3.21. The Morgan fingerprint density at radius 2 is 1.42 bits per heavy atom. The summed E-state index contributed by atoms with van der Waals surface area (Å²) in [5.41, 5.74) is 2.18. The van der Waals surface area contributed by atoms with E-state index in [1.54, 1.807) is 0 Å². The number of hydrogen-bond donors (Lipinski definition) is 0. The van der Waals surface area contributed by atoms with Crippen LogP contribution in [-0.2, 0) is 4.79 Å². The van der Waals surface area contributed by atoms with Crippen molar-refractivity contribution in [1.29, 1.82) is 0 Å². The third-order valence-electron chi connectivity index (χ3n) is 3.86. The molecule has 0 amide bonds. The molecule has 2 aliphatic rings. The molecular formula is C19H14O5. The number of carbonyl (C=O) groups excluding carboxylic acids is 1. The molecule has 2 aliphatic heterocycles. The number of para-hydroxylation sites is 2. The van der Waals surface area contributed by atoms with Crippen molar-refractivity contribution in [1.82, 2.24) is 0 Å². The minimum atomic E-state index is -0.210. The largest absolute Gasteiger partial charge is 0.454 e. The van der Waals surface area contributed by atoms with E-state index in [9.17, 15) is 4.79 Å². The summed E-state index contributed by atoms with van der Waals surface area (Å²) in [5, 5.41) is 0. The van der Waals surface area contributed by atoms with Gasteiger partial charge in [-0.05, 0) is 24.3 Å². The monoisotopic (exact) mass is 322 g/mol. The second kappa shape index (κ2) is 5.77. The average molecular weight is 322 g/mol. The summed E-state index contributed by atoms with van der Waals surface area (Å²) in [4.78, 5) is 12.0. The molecule has 2 aromatic rings. The highest BCUT2D eigenvalue weighted by Crippen LogP contribution is 2.45. The molecule has 0 fully saturated rings. The van der Waals surface area contributed by atoms with Crippen LogP contribution in [0.15, 0.2) is 55.1 Å². The smallest absolute Gasteiger partial charge is 0.231 e. The fourth-order valence-corrected chi connectivity index (χ4v) is 2.79. The zero-order chi connectivity index (χ0) is 16.5. The molecule has 120 valence electrons. The molecule has 0 aromatic heterocycles. The maximum absolute atomic E-state index is 12.0. The fraction of sp³-hybridized carbons (Fsp3) is 0.105. The SMILES string of the molecule is C=CC(=O)C=C(c1cccc2c1OCO2)c1cccc2c1OCO2. The van der Waals surface area contributed by atoms with E-state index >= 15 is 0 Å². The van der Waals surface area contributed by atoms with Gasteiger partial charge >= 0.3 is 0 Å². The summed E-state index contributed by atoms with van der Waals surface area (Å²) in [6, 6.07) is 11.1. The second-order valence-corrected chi connectivity index (χ2v) is 5.24. The first-order valence-electron chi connectivity index (χ1n) is 7.44. The van der Waals surface area contributed by atoms with Crippen molar-refractivity contribution in [2.75, 3.05) is 13.6 Å². The van der Waals surface area contributed by atoms with Gasteiger partial charge in [-0.2, -0.15) is 0 Å². The minimum Gasteiger partial charge on any atom is -0.454 e. The predicted molar refractivity (Wildman–Crippen MR) is 87.4 cm³/mol. The van der Waals surface area contributed by atoms with Gasteiger partial charge in [0, 0.05) is 16.7 Å². The van der Waals surface area contributed by atoms with Crippen LogP contribution < -0.4 is 18.9 Å². The topological polar surface area (TPSA) is 54.0 Å². The molecule has 5 nitrogen and oxygen atoms in total. The van der Waals surface area contributed by atoms with Crippen LogP contribution in [0.3, 0.4) is 0 Å². The van der Waals surface area contributed by atoms with E-state index in [-0.39, 0.29) is 19.4 Å². The molecule has 24 heavy (non-hydrogen) atoms. The van der Waals surface area contributed by atoms with E-state index in [2.05, 4.69) is 6.58 Å². The summed E-state index contributed by atoms with van der Waals surface area (Å²) < 4.78 is 22.1. The number of allylic oxidation sites excluding steroid dienone is 2. The molecule has 2 aromatic carbocycles. The number of ether oxygens (including phenoxy) is 4. The lowest BCUT2D eigenvalue weighted by Crippen LogP contribution is -1.99. The third kappa shape index (κ3) is 2.31. The molecule has 0 saturated heterocycles.